The molecule has 0 aliphatic heterocycles. The quantitative estimate of drug-likeness (QED) is 0.791. The van der Waals surface area contributed by atoms with Crippen LogP contribution in [0.2, 0.25) is 5.02 Å². The molecule has 1 aliphatic rings. The maximum absolute atomic E-state index is 12.9. The van der Waals surface area contributed by atoms with E-state index in [1.54, 1.807) is 31.2 Å². The van der Waals surface area contributed by atoms with E-state index in [1.165, 1.54) is 4.57 Å². The van der Waals surface area contributed by atoms with Crippen molar-refractivity contribution in [2.75, 3.05) is 0 Å². The molecule has 2 aromatic rings. The Hall–Kier alpha value is -2.65. The van der Waals surface area contributed by atoms with E-state index in [4.69, 9.17) is 11.6 Å². The number of aromatic hydroxyl groups is 1. The minimum atomic E-state index is -0.434. The number of hydrogen-bond donors (Lipinski definition) is 1. The van der Waals surface area contributed by atoms with Crippen molar-refractivity contribution in [2.24, 2.45) is 10.2 Å². The van der Waals surface area contributed by atoms with E-state index in [0.29, 0.717) is 16.3 Å². The Kier molecular flexibility index (Phi) is 4.86. The Morgan fingerprint density at radius 3 is 2.60 bits per heavy atom. The number of nitrogens with zero attached hydrogens (tertiary/aromatic N) is 4. The fourth-order valence-corrected chi connectivity index (χ4v) is 3.34. The monoisotopic (exact) mass is 356 g/mol. The lowest BCUT2D eigenvalue weighted by Gasteiger charge is -2.18. The molecule has 1 saturated carbocycles. The minimum Gasteiger partial charge on any atom is -0.493 e. The summed E-state index contributed by atoms with van der Waals surface area (Å²) in [5.41, 5.74) is 0.425. The second-order valence-corrected chi connectivity index (χ2v) is 6.46. The highest BCUT2D eigenvalue weighted by molar-refractivity contribution is 6.32. The van der Waals surface area contributed by atoms with Crippen LogP contribution in [0.4, 0.5) is 11.4 Å². The number of benzene rings is 1. The van der Waals surface area contributed by atoms with Crippen LogP contribution in [0.25, 0.3) is 0 Å². The first-order valence-electron chi connectivity index (χ1n) is 8.09. The molecular formula is C18H17ClN4O2. The summed E-state index contributed by atoms with van der Waals surface area (Å²) in [6.07, 6.45) is 3.57. The molecule has 0 bridgehead atoms. The van der Waals surface area contributed by atoms with Crippen LogP contribution in [0.15, 0.2) is 39.3 Å². The van der Waals surface area contributed by atoms with Gasteiger partial charge in [0.2, 0.25) is 5.88 Å². The highest BCUT2D eigenvalue weighted by Gasteiger charge is 2.26. The first kappa shape index (κ1) is 17.2. The van der Waals surface area contributed by atoms with Gasteiger partial charge in [-0.3, -0.25) is 9.36 Å². The van der Waals surface area contributed by atoms with Crippen LogP contribution in [-0.4, -0.2) is 9.67 Å². The van der Waals surface area contributed by atoms with Crippen LogP contribution in [0.3, 0.4) is 0 Å². The summed E-state index contributed by atoms with van der Waals surface area (Å²) >= 11 is 6.06. The molecule has 1 N–H and O–H groups in total. The topological polar surface area (TPSA) is 90.7 Å². The maximum Gasteiger partial charge on any atom is 0.281 e. The van der Waals surface area contributed by atoms with E-state index in [1.807, 2.05) is 6.07 Å². The molecule has 1 aromatic heterocycles. The van der Waals surface area contributed by atoms with Crippen LogP contribution < -0.4 is 5.56 Å². The molecule has 0 spiro atoms. The van der Waals surface area contributed by atoms with Gasteiger partial charge in [-0.2, -0.15) is 5.26 Å². The lowest BCUT2D eigenvalue weighted by molar-refractivity contribution is 0.368. The van der Waals surface area contributed by atoms with E-state index in [0.717, 1.165) is 25.7 Å². The predicted molar refractivity (Wildman–Crippen MR) is 95.0 cm³/mol. The first-order chi connectivity index (χ1) is 12.0. The number of azo groups is 1. The normalized spacial score (nSPS) is 14.9. The second kappa shape index (κ2) is 7.08. The summed E-state index contributed by atoms with van der Waals surface area (Å²) in [5.74, 6) is -0.284. The Bertz CT molecular complexity index is 937. The largest absolute Gasteiger partial charge is 0.493 e. The fourth-order valence-electron chi connectivity index (χ4n) is 3.17. The number of halogens is 1. The maximum atomic E-state index is 12.9. The third kappa shape index (κ3) is 3.15. The van der Waals surface area contributed by atoms with E-state index in [9.17, 15) is 15.2 Å². The number of nitriles is 1. The van der Waals surface area contributed by atoms with Crippen molar-refractivity contribution in [1.29, 1.82) is 5.26 Å². The Balaban J connectivity index is 2.16. The molecule has 1 aliphatic carbocycles. The van der Waals surface area contributed by atoms with Gasteiger partial charge >= 0.3 is 0 Å². The summed E-state index contributed by atoms with van der Waals surface area (Å²) in [4.78, 5) is 12.9. The molecule has 128 valence electrons. The number of rotatable bonds is 3. The zero-order chi connectivity index (χ0) is 18.0. The van der Waals surface area contributed by atoms with Crippen molar-refractivity contribution in [1.82, 2.24) is 4.57 Å². The van der Waals surface area contributed by atoms with Gasteiger partial charge in [0, 0.05) is 11.6 Å². The van der Waals surface area contributed by atoms with Gasteiger partial charge in [-0.1, -0.05) is 36.6 Å². The third-order valence-corrected chi connectivity index (χ3v) is 4.83. The van der Waals surface area contributed by atoms with Crippen LogP contribution in [0.5, 0.6) is 5.88 Å². The summed E-state index contributed by atoms with van der Waals surface area (Å²) in [6.45, 7) is 1.58. The minimum absolute atomic E-state index is 0.0552. The Morgan fingerprint density at radius 1 is 1.28 bits per heavy atom. The molecule has 1 fully saturated rings. The molecule has 0 unspecified atom stereocenters. The number of hydrogen-bond acceptors (Lipinski definition) is 5. The van der Waals surface area contributed by atoms with Gasteiger partial charge < -0.3 is 5.11 Å². The van der Waals surface area contributed by atoms with Crippen LogP contribution >= 0.6 is 11.6 Å². The van der Waals surface area contributed by atoms with Gasteiger partial charge in [-0.15, -0.1) is 10.2 Å². The zero-order valence-corrected chi connectivity index (χ0v) is 14.5. The predicted octanol–water partition coefficient (Wildman–Crippen LogP) is 4.92. The Morgan fingerprint density at radius 2 is 1.96 bits per heavy atom. The molecular weight excluding hydrogens is 340 g/mol. The molecule has 3 rings (SSSR count). The van der Waals surface area contributed by atoms with Gasteiger partial charge in [-0.05, 0) is 31.9 Å². The SMILES string of the molecule is Cc1c(C#N)c(O)n(C2CCCC2)c(=O)c1N=Nc1ccccc1Cl. The highest BCUT2D eigenvalue weighted by Crippen LogP contribution is 2.35. The van der Waals surface area contributed by atoms with Crippen molar-refractivity contribution in [2.45, 2.75) is 38.6 Å². The number of pyridine rings is 1. The average Bonchev–Trinajstić information content (AvgIpc) is 3.11. The van der Waals surface area contributed by atoms with E-state index < -0.39 is 5.56 Å². The van der Waals surface area contributed by atoms with Crippen LogP contribution in [-0.2, 0) is 0 Å². The summed E-state index contributed by atoms with van der Waals surface area (Å²) in [7, 11) is 0. The molecule has 0 amide bonds. The molecule has 1 aromatic carbocycles. The average molecular weight is 357 g/mol. The molecule has 0 radical (unpaired) electrons. The van der Waals surface area contributed by atoms with Crippen molar-refractivity contribution >= 4 is 23.0 Å². The second-order valence-electron chi connectivity index (χ2n) is 6.05. The van der Waals surface area contributed by atoms with Gasteiger partial charge in [0.1, 0.15) is 17.3 Å². The van der Waals surface area contributed by atoms with Gasteiger partial charge in [0.15, 0.2) is 5.69 Å². The van der Waals surface area contributed by atoms with Crippen LogP contribution in [0.1, 0.15) is 42.9 Å². The molecule has 7 heteroatoms. The Labute approximate surface area is 150 Å². The van der Waals surface area contributed by atoms with E-state index in [-0.39, 0.29) is 23.2 Å². The van der Waals surface area contributed by atoms with Gasteiger partial charge in [0.05, 0.1) is 5.02 Å². The lowest BCUT2D eigenvalue weighted by atomic mass is 10.1. The zero-order valence-electron chi connectivity index (χ0n) is 13.7. The lowest BCUT2D eigenvalue weighted by Crippen LogP contribution is -2.24. The fraction of sp³-hybridized carbons (Fsp3) is 0.333. The molecule has 6 nitrogen and oxygen atoms in total. The summed E-state index contributed by atoms with van der Waals surface area (Å²) in [5, 5.41) is 28.3. The van der Waals surface area contributed by atoms with Gasteiger partial charge in [-0.25, -0.2) is 0 Å². The first-order valence-corrected chi connectivity index (χ1v) is 8.46. The van der Waals surface area contributed by atoms with Crippen molar-refractivity contribution in [3.63, 3.8) is 0 Å². The number of aromatic nitrogens is 1. The van der Waals surface area contributed by atoms with Crippen molar-refractivity contribution < 1.29 is 5.11 Å². The summed E-state index contributed by atoms with van der Waals surface area (Å²) < 4.78 is 1.29. The highest BCUT2D eigenvalue weighted by atomic mass is 35.5. The summed E-state index contributed by atoms with van der Waals surface area (Å²) in [6, 6.07) is 8.75. The smallest absolute Gasteiger partial charge is 0.281 e. The van der Waals surface area contributed by atoms with E-state index in [2.05, 4.69) is 10.2 Å². The standard InChI is InChI=1S/C18H17ClN4O2/c1-11-13(10-20)17(24)23(12-6-2-3-7-12)18(25)16(11)22-21-15-9-5-4-8-14(15)19/h4-5,8-9,12,24H,2-3,6-7H2,1H3. The van der Waals surface area contributed by atoms with Crippen molar-refractivity contribution in [3.05, 3.63) is 50.8 Å². The van der Waals surface area contributed by atoms with Crippen LogP contribution in [0, 0.1) is 18.3 Å². The molecule has 0 saturated heterocycles. The van der Waals surface area contributed by atoms with E-state index >= 15 is 0 Å². The molecule has 0 atom stereocenters. The molecule has 25 heavy (non-hydrogen) atoms. The third-order valence-electron chi connectivity index (χ3n) is 4.52. The molecule has 1 heterocycles. The van der Waals surface area contributed by atoms with Gasteiger partial charge in [0.25, 0.3) is 5.56 Å². The van der Waals surface area contributed by atoms with Crippen molar-refractivity contribution in [3.8, 4) is 11.9 Å².